The van der Waals surface area contributed by atoms with Gasteiger partial charge in [-0.1, -0.05) is 67.4 Å². The Bertz CT molecular complexity index is 1380. The summed E-state index contributed by atoms with van der Waals surface area (Å²) in [4.78, 5) is 9.56. The van der Waals surface area contributed by atoms with Gasteiger partial charge in [-0.25, -0.2) is 14.8 Å². The van der Waals surface area contributed by atoms with Gasteiger partial charge in [-0.15, -0.1) is 5.10 Å². The monoisotopic (exact) mass is 470 g/mol. The molecule has 0 spiro atoms. The number of unbranched alkanes of at least 4 members (excludes halogenated alkanes) is 1. The molecule has 1 N–H and O–H groups in total. The number of tetrazole rings is 1. The van der Waals surface area contributed by atoms with Crippen LogP contribution >= 0.6 is 11.6 Å². The van der Waals surface area contributed by atoms with Gasteiger partial charge in [0, 0.05) is 35.9 Å². The summed E-state index contributed by atoms with van der Waals surface area (Å²) >= 11 is 6.40. The van der Waals surface area contributed by atoms with Gasteiger partial charge in [0.15, 0.2) is 11.6 Å². The van der Waals surface area contributed by atoms with E-state index in [-0.39, 0.29) is 0 Å². The first-order valence-electron chi connectivity index (χ1n) is 11.2. The second-order valence-corrected chi connectivity index (χ2v) is 8.34. The highest BCUT2D eigenvalue weighted by Crippen LogP contribution is 2.29. The van der Waals surface area contributed by atoms with Crippen LogP contribution in [0.25, 0.3) is 34.0 Å². The Morgan fingerprint density at radius 1 is 0.941 bits per heavy atom. The third kappa shape index (κ3) is 4.58. The third-order valence-electron chi connectivity index (χ3n) is 5.58. The highest BCUT2D eigenvalue weighted by atomic mass is 35.5. The summed E-state index contributed by atoms with van der Waals surface area (Å²) in [5.41, 5.74) is 4.60. The Kier molecular flexibility index (Phi) is 6.40. The van der Waals surface area contributed by atoms with Crippen molar-refractivity contribution in [2.45, 2.75) is 32.7 Å². The van der Waals surface area contributed by atoms with E-state index in [0.717, 1.165) is 53.2 Å². The van der Waals surface area contributed by atoms with E-state index in [9.17, 15) is 0 Å². The minimum Gasteiger partial charge on any atom is -0.256 e. The third-order valence-corrected chi connectivity index (χ3v) is 5.91. The molecule has 0 fully saturated rings. The number of nitrogens with zero attached hydrogens (tertiary/aromatic N) is 7. The Hall–Kier alpha value is -3.91. The van der Waals surface area contributed by atoms with Gasteiger partial charge < -0.3 is 0 Å². The average molecular weight is 471 g/mol. The zero-order valence-electron chi connectivity index (χ0n) is 18.7. The molecule has 0 aliphatic carbocycles. The number of pyridine rings is 1. The number of hydrogen-bond donors (Lipinski definition) is 1. The van der Waals surface area contributed by atoms with Crippen molar-refractivity contribution in [1.29, 1.82) is 0 Å². The summed E-state index contributed by atoms with van der Waals surface area (Å²) < 4.78 is 1.99. The molecule has 3 heterocycles. The average Bonchev–Trinajstić information content (AvgIpc) is 3.54. The van der Waals surface area contributed by atoms with E-state index >= 15 is 0 Å². The number of rotatable bonds is 8. The van der Waals surface area contributed by atoms with Crippen molar-refractivity contribution in [3.05, 3.63) is 83.3 Å². The molecular weight excluding hydrogens is 448 g/mol. The zero-order chi connectivity index (χ0) is 23.3. The van der Waals surface area contributed by atoms with E-state index in [1.165, 1.54) is 0 Å². The molecule has 0 aliphatic rings. The van der Waals surface area contributed by atoms with Gasteiger partial charge in [0.2, 0.25) is 0 Å². The van der Waals surface area contributed by atoms with Crippen LogP contribution in [0.3, 0.4) is 0 Å². The van der Waals surface area contributed by atoms with Crippen LogP contribution in [0.2, 0.25) is 5.02 Å². The maximum Gasteiger partial charge on any atom is 0.182 e. The molecule has 0 atom stereocenters. The van der Waals surface area contributed by atoms with Crippen LogP contribution in [-0.2, 0) is 13.0 Å². The first kappa shape index (κ1) is 21.9. The molecule has 0 radical (unpaired) electrons. The number of aryl methyl sites for hydroxylation is 1. The van der Waals surface area contributed by atoms with Crippen molar-refractivity contribution in [3.8, 4) is 34.0 Å². The number of nitrogens with one attached hydrogen (secondary N) is 1. The molecule has 8 nitrogen and oxygen atoms in total. The van der Waals surface area contributed by atoms with E-state index in [1.54, 1.807) is 0 Å². The highest BCUT2D eigenvalue weighted by molar-refractivity contribution is 6.33. The maximum absolute atomic E-state index is 6.40. The first-order chi connectivity index (χ1) is 16.7. The second-order valence-electron chi connectivity index (χ2n) is 7.93. The van der Waals surface area contributed by atoms with Crippen LogP contribution in [-0.4, -0.2) is 40.4 Å². The van der Waals surface area contributed by atoms with E-state index in [2.05, 4.69) is 33.6 Å². The number of aromatic nitrogens is 8. The molecule has 170 valence electrons. The zero-order valence-corrected chi connectivity index (χ0v) is 19.4. The molecule has 9 heteroatoms. The summed E-state index contributed by atoms with van der Waals surface area (Å²) in [6, 6.07) is 19.7. The molecule has 0 amide bonds. The maximum atomic E-state index is 6.40. The molecule has 2 aromatic carbocycles. The molecule has 5 rings (SSSR count). The molecule has 0 saturated carbocycles. The number of H-pyrrole nitrogens is 1. The van der Waals surface area contributed by atoms with Crippen molar-refractivity contribution >= 4 is 11.6 Å². The first-order valence-corrected chi connectivity index (χ1v) is 11.6. The lowest BCUT2D eigenvalue weighted by atomic mass is 10.0. The van der Waals surface area contributed by atoms with Crippen LogP contribution in [0, 0.1) is 0 Å². The largest absolute Gasteiger partial charge is 0.256 e. The Labute approximate surface area is 202 Å². The van der Waals surface area contributed by atoms with Crippen LogP contribution < -0.4 is 0 Å². The summed E-state index contributed by atoms with van der Waals surface area (Å²) in [5.74, 6) is 2.15. The van der Waals surface area contributed by atoms with E-state index in [4.69, 9.17) is 26.7 Å². The van der Waals surface area contributed by atoms with Crippen molar-refractivity contribution in [2.75, 3.05) is 0 Å². The Morgan fingerprint density at radius 3 is 2.44 bits per heavy atom. The lowest BCUT2D eigenvalue weighted by Gasteiger charge is -2.08. The van der Waals surface area contributed by atoms with Crippen LogP contribution in [0.5, 0.6) is 0 Å². The van der Waals surface area contributed by atoms with E-state index < -0.39 is 0 Å². The second kappa shape index (κ2) is 9.93. The van der Waals surface area contributed by atoms with Gasteiger partial charge in [0.25, 0.3) is 0 Å². The highest BCUT2D eigenvalue weighted by Gasteiger charge is 2.15. The quantitative estimate of drug-likeness (QED) is 0.333. The smallest absolute Gasteiger partial charge is 0.182 e. The Balaban J connectivity index is 1.43. The van der Waals surface area contributed by atoms with E-state index in [0.29, 0.717) is 23.1 Å². The van der Waals surface area contributed by atoms with Gasteiger partial charge >= 0.3 is 0 Å². The summed E-state index contributed by atoms with van der Waals surface area (Å²) in [6.45, 7) is 2.98. The summed E-state index contributed by atoms with van der Waals surface area (Å²) in [7, 11) is 0. The van der Waals surface area contributed by atoms with Crippen molar-refractivity contribution < 1.29 is 0 Å². The predicted molar refractivity (Wildman–Crippen MR) is 131 cm³/mol. The van der Waals surface area contributed by atoms with Crippen LogP contribution in [0.15, 0.2) is 66.9 Å². The van der Waals surface area contributed by atoms with Gasteiger partial charge in [0.1, 0.15) is 5.82 Å². The predicted octanol–water partition coefficient (Wildman–Crippen LogP) is 5.23. The normalized spacial score (nSPS) is 11.1. The molecule has 5 aromatic rings. The van der Waals surface area contributed by atoms with Crippen LogP contribution in [0.4, 0.5) is 0 Å². The summed E-state index contributed by atoms with van der Waals surface area (Å²) in [5, 5.41) is 19.6. The SMILES string of the molecule is CCCCn1nc(-c2ccccc2Cl)nc1Cc1ccc(-c2ccccc2-c2nnn[nH]2)nc1. The number of benzene rings is 2. The Morgan fingerprint density at radius 2 is 1.74 bits per heavy atom. The fourth-order valence-electron chi connectivity index (χ4n) is 3.81. The van der Waals surface area contributed by atoms with E-state index in [1.807, 2.05) is 65.5 Å². The van der Waals surface area contributed by atoms with Crippen molar-refractivity contribution in [2.24, 2.45) is 0 Å². The lowest BCUT2D eigenvalue weighted by Crippen LogP contribution is -2.06. The van der Waals surface area contributed by atoms with Crippen molar-refractivity contribution in [3.63, 3.8) is 0 Å². The van der Waals surface area contributed by atoms with Crippen molar-refractivity contribution in [1.82, 2.24) is 40.4 Å². The molecule has 0 saturated heterocycles. The van der Waals surface area contributed by atoms with Crippen LogP contribution in [0.1, 0.15) is 31.2 Å². The molecular formula is C25H23ClN8. The standard InChI is InChI=1S/C25H23ClN8/c1-2-3-14-34-23(28-24(31-34)20-10-6-7-11-21(20)26)15-17-12-13-22(27-16-17)18-8-4-5-9-19(18)25-29-32-33-30-25/h4-13,16H,2-3,14-15H2,1H3,(H,29,30,32,33). The number of aromatic amines is 1. The summed E-state index contributed by atoms with van der Waals surface area (Å²) in [6.07, 6.45) is 4.63. The number of hydrogen-bond acceptors (Lipinski definition) is 6. The fourth-order valence-corrected chi connectivity index (χ4v) is 4.03. The fraction of sp³-hybridized carbons (Fsp3) is 0.200. The molecule has 0 unspecified atom stereocenters. The molecule has 3 aromatic heterocycles. The van der Waals surface area contributed by atoms with Gasteiger partial charge in [-0.05, 0) is 40.6 Å². The number of halogens is 1. The topological polar surface area (TPSA) is 98.1 Å². The van der Waals surface area contributed by atoms with Gasteiger partial charge in [0.05, 0.1) is 10.7 Å². The van der Waals surface area contributed by atoms with Gasteiger partial charge in [-0.2, -0.15) is 5.10 Å². The lowest BCUT2D eigenvalue weighted by molar-refractivity contribution is 0.550. The molecule has 0 bridgehead atoms. The van der Waals surface area contributed by atoms with Gasteiger partial charge in [-0.3, -0.25) is 4.98 Å². The molecule has 0 aliphatic heterocycles. The minimum atomic E-state index is 0.609. The molecule has 34 heavy (non-hydrogen) atoms. The minimum absolute atomic E-state index is 0.609.